The maximum Gasteiger partial charge on any atom is 0.331 e. The molecule has 2 rings (SSSR count). The Kier molecular flexibility index (Phi) is 6.54. The minimum atomic E-state index is -0.654. The second-order valence-corrected chi connectivity index (χ2v) is 6.08. The van der Waals surface area contributed by atoms with Crippen LogP contribution in [-0.2, 0) is 6.54 Å². The molecule has 2 N–H and O–H groups in total. The van der Waals surface area contributed by atoms with Crippen LogP contribution in [0.4, 0.5) is 0 Å². The molecule has 0 unspecified atom stereocenters. The molecular weight excluding hydrogens is 308 g/mol. The summed E-state index contributed by atoms with van der Waals surface area (Å²) in [6, 6.07) is 0. The van der Waals surface area contributed by atoms with E-state index in [-0.39, 0.29) is 18.0 Å². The van der Waals surface area contributed by atoms with E-state index in [2.05, 4.69) is 21.5 Å². The van der Waals surface area contributed by atoms with E-state index < -0.39 is 11.2 Å². The van der Waals surface area contributed by atoms with Gasteiger partial charge in [0.15, 0.2) is 0 Å². The molecule has 1 aromatic heterocycles. The Hall–Kier alpha value is -2.15. The number of likely N-dealkylation sites (tertiary alicyclic amines) is 1. The number of allylic oxidation sites excluding steroid dienone is 1. The molecule has 1 aliphatic heterocycles. The van der Waals surface area contributed by atoms with Crippen molar-refractivity contribution in [3.05, 3.63) is 39.1 Å². The quantitative estimate of drug-likeness (QED) is 0.444. The van der Waals surface area contributed by atoms with Crippen LogP contribution in [0.2, 0.25) is 0 Å². The van der Waals surface area contributed by atoms with E-state index in [1.807, 2.05) is 0 Å². The highest BCUT2D eigenvalue weighted by Crippen LogP contribution is 2.12. The largest absolute Gasteiger partial charge is 0.494 e. The number of aliphatic imine (C=N–C) groups is 1. The standard InChI is InChI=1S/C17H26N4O3/c1-3-9-21-16(23)14(15(22)19-17(21)24)13(2)18-8-7-12-20-10-5-4-6-11-20/h3,23H,1,4-12H2,2H3,(H,19,22,24). The average molecular weight is 334 g/mol. The number of aromatic nitrogens is 2. The summed E-state index contributed by atoms with van der Waals surface area (Å²) in [5.74, 6) is -0.360. The fraction of sp³-hybridized carbons (Fsp3) is 0.588. The zero-order valence-electron chi connectivity index (χ0n) is 14.3. The van der Waals surface area contributed by atoms with Crippen molar-refractivity contribution >= 4 is 5.71 Å². The number of nitrogens with one attached hydrogen (secondary N) is 1. The summed E-state index contributed by atoms with van der Waals surface area (Å²) in [7, 11) is 0. The first-order valence-corrected chi connectivity index (χ1v) is 8.45. The minimum absolute atomic E-state index is 0.0504. The monoisotopic (exact) mass is 334 g/mol. The summed E-state index contributed by atoms with van der Waals surface area (Å²) in [4.78, 5) is 32.8. The zero-order valence-corrected chi connectivity index (χ0v) is 14.3. The van der Waals surface area contributed by atoms with E-state index in [0.717, 1.165) is 30.6 Å². The van der Waals surface area contributed by atoms with Gasteiger partial charge >= 0.3 is 5.69 Å². The molecule has 1 fully saturated rings. The van der Waals surface area contributed by atoms with Crippen molar-refractivity contribution in [2.45, 2.75) is 39.2 Å². The lowest BCUT2D eigenvalue weighted by Gasteiger charge is -2.25. The van der Waals surface area contributed by atoms with Gasteiger partial charge in [-0.15, -0.1) is 6.58 Å². The third-order valence-electron chi connectivity index (χ3n) is 4.28. The van der Waals surface area contributed by atoms with Crippen LogP contribution in [0.5, 0.6) is 5.88 Å². The van der Waals surface area contributed by atoms with E-state index in [9.17, 15) is 14.7 Å². The second-order valence-electron chi connectivity index (χ2n) is 6.08. The summed E-state index contributed by atoms with van der Waals surface area (Å²) in [6.45, 7) is 9.22. The van der Waals surface area contributed by atoms with Gasteiger partial charge in [-0.2, -0.15) is 0 Å². The SMILES string of the molecule is C=CCn1c(O)c(C(C)=NCCCN2CCCCC2)c(=O)[nH]c1=O. The summed E-state index contributed by atoms with van der Waals surface area (Å²) in [5, 5.41) is 10.2. The number of H-pyrrole nitrogens is 1. The van der Waals surface area contributed by atoms with Crippen LogP contribution in [-0.4, -0.2) is 51.4 Å². The Morgan fingerprint density at radius 1 is 1.33 bits per heavy atom. The molecule has 0 aliphatic carbocycles. The number of nitrogens with zero attached hydrogens (tertiary/aromatic N) is 3. The van der Waals surface area contributed by atoms with Crippen LogP contribution < -0.4 is 11.2 Å². The third-order valence-corrected chi connectivity index (χ3v) is 4.28. The van der Waals surface area contributed by atoms with E-state index in [0.29, 0.717) is 12.3 Å². The predicted molar refractivity (Wildman–Crippen MR) is 95.2 cm³/mol. The fourth-order valence-electron chi connectivity index (χ4n) is 2.99. The van der Waals surface area contributed by atoms with Crippen LogP contribution >= 0.6 is 0 Å². The van der Waals surface area contributed by atoms with Crippen molar-refractivity contribution in [2.24, 2.45) is 4.99 Å². The van der Waals surface area contributed by atoms with Gasteiger partial charge in [-0.1, -0.05) is 12.5 Å². The normalized spacial score (nSPS) is 16.3. The highest BCUT2D eigenvalue weighted by atomic mass is 16.3. The van der Waals surface area contributed by atoms with Crippen molar-refractivity contribution in [2.75, 3.05) is 26.2 Å². The van der Waals surface area contributed by atoms with Gasteiger partial charge < -0.3 is 10.0 Å². The minimum Gasteiger partial charge on any atom is -0.494 e. The highest BCUT2D eigenvalue weighted by molar-refractivity contribution is 6.00. The lowest BCUT2D eigenvalue weighted by Crippen LogP contribution is -2.33. The van der Waals surface area contributed by atoms with Crippen molar-refractivity contribution in [1.82, 2.24) is 14.5 Å². The van der Waals surface area contributed by atoms with Crippen LogP contribution in [0.3, 0.4) is 0 Å². The molecule has 0 amide bonds. The first-order valence-electron chi connectivity index (χ1n) is 8.45. The van der Waals surface area contributed by atoms with Crippen molar-refractivity contribution < 1.29 is 5.11 Å². The Morgan fingerprint density at radius 2 is 2.04 bits per heavy atom. The molecule has 1 saturated heterocycles. The number of aromatic hydroxyl groups is 1. The predicted octanol–water partition coefficient (Wildman–Crippen LogP) is 1.11. The third kappa shape index (κ3) is 4.44. The van der Waals surface area contributed by atoms with Gasteiger partial charge in [0.25, 0.3) is 5.56 Å². The molecule has 24 heavy (non-hydrogen) atoms. The summed E-state index contributed by atoms with van der Waals surface area (Å²) in [6.07, 6.45) is 6.22. The van der Waals surface area contributed by atoms with Gasteiger partial charge in [-0.05, 0) is 45.8 Å². The second kappa shape index (κ2) is 8.63. The van der Waals surface area contributed by atoms with Crippen molar-refractivity contribution in [1.29, 1.82) is 0 Å². The first-order chi connectivity index (χ1) is 11.5. The van der Waals surface area contributed by atoms with E-state index in [1.54, 1.807) is 6.92 Å². The maximum atomic E-state index is 12.0. The summed E-state index contributed by atoms with van der Waals surface area (Å²) < 4.78 is 1.07. The van der Waals surface area contributed by atoms with Gasteiger partial charge in [0.1, 0.15) is 5.56 Å². The molecule has 0 spiro atoms. The number of aromatic amines is 1. The fourth-order valence-corrected chi connectivity index (χ4v) is 2.99. The van der Waals surface area contributed by atoms with Crippen molar-refractivity contribution in [3.63, 3.8) is 0 Å². The Balaban J connectivity index is 2.06. The van der Waals surface area contributed by atoms with E-state index in [4.69, 9.17) is 0 Å². The van der Waals surface area contributed by atoms with Gasteiger partial charge in [0, 0.05) is 18.8 Å². The van der Waals surface area contributed by atoms with Crippen LogP contribution in [0.25, 0.3) is 0 Å². The lowest BCUT2D eigenvalue weighted by atomic mass is 10.1. The molecule has 0 atom stereocenters. The van der Waals surface area contributed by atoms with Gasteiger partial charge in [-0.3, -0.25) is 19.3 Å². The summed E-state index contributed by atoms with van der Waals surface area (Å²) >= 11 is 0. The number of hydrogen-bond acceptors (Lipinski definition) is 5. The summed E-state index contributed by atoms with van der Waals surface area (Å²) in [5.41, 5.74) is -0.784. The Labute approximate surface area is 141 Å². The van der Waals surface area contributed by atoms with Crippen LogP contribution in [0.1, 0.15) is 38.2 Å². The molecule has 1 aromatic rings. The number of piperidine rings is 1. The van der Waals surface area contributed by atoms with Gasteiger partial charge in [0.05, 0.1) is 0 Å². The molecule has 2 heterocycles. The van der Waals surface area contributed by atoms with Gasteiger partial charge in [-0.25, -0.2) is 4.79 Å². The maximum absolute atomic E-state index is 12.0. The number of rotatable bonds is 7. The number of hydrogen-bond donors (Lipinski definition) is 2. The molecular formula is C17H26N4O3. The molecule has 0 aromatic carbocycles. The molecule has 0 radical (unpaired) electrons. The highest BCUT2D eigenvalue weighted by Gasteiger charge is 2.16. The smallest absolute Gasteiger partial charge is 0.331 e. The molecule has 132 valence electrons. The van der Waals surface area contributed by atoms with E-state index >= 15 is 0 Å². The van der Waals surface area contributed by atoms with E-state index in [1.165, 1.54) is 25.3 Å². The lowest BCUT2D eigenvalue weighted by molar-refractivity contribution is 0.228. The Bertz CT molecular complexity index is 712. The van der Waals surface area contributed by atoms with Crippen LogP contribution in [0.15, 0.2) is 27.2 Å². The molecule has 7 heteroatoms. The molecule has 0 bridgehead atoms. The molecule has 7 nitrogen and oxygen atoms in total. The van der Waals surface area contributed by atoms with Gasteiger partial charge in [0.2, 0.25) is 5.88 Å². The molecule has 0 saturated carbocycles. The topological polar surface area (TPSA) is 90.7 Å². The van der Waals surface area contributed by atoms with Crippen LogP contribution in [0, 0.1) is 0 Å². The Morgan fingerprint density at radius 3 is 2.71 bits per heavy atom. The average Bonchev–Trinajstić information content (AvgIpc) is 2.56. The first kappa shape index (κ1) is 18.2. The zero-order chi connectivity index (χ0) is 17.5. The van der Waals surface area contributed by atoms with Crippen molar-refractivity contribution in [3.8, 4) is 5.88 Å². The molecule has 1 aliphatic rings.